The van der Waals surface area contributed by atoms with E-state index < -0.39 is 5.92 Å². The smallest absolute Gasteiger partial charge is 0.254 e. The summed E-state index contributed by atoms with van der Waals surface area (Å²) in [6.45, 7) is 7.16. The summed E-state index contributed by atoms with van der Waals surface area (Å²) in [6, 6.07) is 11.4. The predicted molar refractivity (Wildman–Crippen MR) is 130 cm³/mol. The van der Waals surface area contributed by atoms with Crippen LogP contribution in [-0.4, -0.2) is 54.5 Å². The van der Waals surface area contributed by atoms with Crippen LogP contribution in [0.4, 0.5) is 0 Å². The van der Waals surface area contributed by atoms with Crippen LogP contribution in [0.15, 0.2) is 36.4 Å². The largest absolute Gasteiger partial charge is 0.490 e. The Balaban J connectivity index is 1.64. The fraction of sp³-hybridized carbons (Fsp3) is 0.500. The fourth-order valence-corrected chi connectivity index (χ4v) is 5.83. The molecule has 0 bridgehead atoms. The zero-order valence-electron chi connectivity index (χ0n) is 20.2. The van der Waals surface area contributed by atoms with Crippen LogP contribution in [0, 0.1) is 0 Å². The van der Waals surface area contributed by atoms with E-state index in [2.05, 4.69) is 6.07 Å². The van der Waals surface area contributed by atoms with Gasteiger partial charge in [0.1, 0.15) is 0 Å². The van der Waals surface area contributed by atoms with Gasteiger partial charge in [0.15, 0.2) is 11.5 Å². The van der Waals surface area contributed by atoms with Crippen LogP contribution < -0.4 is 9.47 Å². The number of carbonyl (C=O) groups is 2. The first-order valence-electron chi connectivity index (χ1n) is 12.7. The summed E-state index contributed by atoms with van der Waals surface area (Å²) in [5.41, 5.74) is 3.65. The van der Waals surface area contributed by atoms with Crippen molar-refractivity contribution in [2.75, 3.05) is 32.8 Å². The lowest BCUT2D eigenvalue weighted by Crippen LogP contribution is -2.51. The molecular weight excluding hydrogens is 428 g/mol. The van der Waals surface area contributed by atoms with Gasteiger partial charge in [0.05, 0.1) is 25.2 Å². The standard InChI is InChI=1S/C28H34N2O4/c1-3-33-23-17-19-13-16-30-26(22(19)18-24(23)34-4-2)25(20-11-7-8-12-21(20)27(30)31)28(32)29-14-9-5-6-10-15-29/h7-8,11-12,17-18,25-26H,3-6,9-10,13-16H2,1-2H3/t25-,26+/m1/s1. The van der Waals surface area contributed by atoms with Crippen molar-refractivity contribution in [3.63, 3.8) is 0 Å². The van der Waals surface area contributed by atoms with Crippen LogP contribution in [0.5, 0.6) is 11.5 Å². The zero-order chi connectivity index (χ0) is 23.7. The van der Waals surface area contributed by atoms with E-state index >= 15 is 0 Å². The second-order valence-corrected chi connectivity index (χ2v) is 9.36. The van der Waals surface area contributed by atoms with E-state index in [0.717, 1.165) is 54.8 Å². The molecule has 6 heteroatoms. The second-order valence-electron chi connectivity index (χ2n) is 9.36. The summed E-state index contributed by atoms with van der Waals surface area (Å²) in [7, 11) is 0. The van der Waals surface area contributed by atoms with Gasteiger partial charge in [-0.1, -0.05) is 31.0 Å². The molecule has 0 saturated carbocycles. The van der Waals surface area contributed by atoms with Gasteiger partial charge in [-0.3, -0.25) is 9.59 Å². The molecule has 6 nitrogen and oxygen atoms in total. The summed E-state index contributed by atoms with van der Waals surface area (Å²) in [4.78, 5) is 31.7. The first kappa shape index (κ1) is 22.8. The Morgan fingerprint density at radius 3 is 2.29 bits per heavy atom. The first-order valence-corrected chi connectivity index (χ1v) is 12.7. The maximum atomic E-state index is 14.2. The number of ether oxygens (including phenoxy) is 2. The highest BCUT2D eigenvalue weighted by Crippen LogP contribution is 2.49. The summed E-state index contributed by atoms with van der Waals surface area (Å²) in [5, 5.41) is 0. The van der Waals surface area contributed by atoms with Crippen LogP contribution >= 0.6 is 0 Å². The second kappa shape index (κ2) is 9.69. The molecular formula is C28H34N2O4. The molecule has 180 valence electrons. The van der Waals surface area contributed by atoms with Crippen LogP contribution in [0.1, 0.15) is 78.5 Å². The average Bonchev–Trinajstić information content (AvgIpc) is 3.14. The van der Waals surface area contributed by atoms with E-state index in [1.54, 1.807) is 0 Å². The van der Waals surface area contributed by atoms with E-state index in [4.69, 9.17) is 9.47 Å². The molecule has 0 spiro atoms. The molecule has 0 radical (unpaired) electrons. The Kier molecular flexibility index (Phi) is 6.48. The molecule has 3 heterocycles. The van der Waals surface area contributed by atoms with Gasteiger partial charge in [0, 0.05) is 25.2 Å². The molecule has 0 aliphatic carbocycles. The third kappa shape index (κ3) is 3.93. The van der Waals surface area contributed by atoms with Gasteiger partial charge < -0.3 is 19.3 Å². The summed E-state index contributed by atoms with van der Waals surface area (Å²) in [5.74, 6) is 1.14. The van der Waals surface area contributed by atoms with Gasteiger partial charge in [0.2, 0.25) is 5.91 Å². The van der Waals surface area contributed by atoms with E-state index in [1.165, 1.54) is 12.8 Å². The molecule has 2 atom stereocenters. The summed E-state index contributed by atoms with van der Waals surface area (Å²) >= 11 is 0. The van der Waals surface area contributed by atoms with Crippen molar-refractivity contribution >= 4 is 11.8 Å². The highest BCUT2D eigenvalue weighted by atomic mass is 16.5. The number of benzene rings is 2. The van der Waals surface area contributed by atoms with E-state index in [-0.39, 0.29) is 17.9 Å². The van der Waals surface area contributed by atoms with Crippen LogP contribution in [0.2, 0.25) is 0 Å². The molecule has 2 aromatic carbocycles. The van der Waals surface area contributed by atoms with Gasteiger partial charge in [-0.25, -0.2) is 0 Å². The van der Waals surface area contributed by atoms with Crippen LogP contribution in [0.25, 0.3) is 0 Å². The third-order valence-electron chi connectivity index (χ3n) is 7.37. The zero-order valence-corrected chi connectivity index (χ0v) is 20.2. The topological polar surface area (TPSA) is 59.1 Å². The molecule has 3 aliphatic rings. The quantitative estimate of drug-likeness (QED) is 0.645. The molecule has 0 unspecified atom stereocenters. The van der Waals surface area contributed by atoms with Gasteiger partial charge in [-0.05, 0) is 68.0 Å². The van der Waals surface area contributed by atoms with Crippen molar-refractivity contribution in [1.29, 1.82) is 0 Å². The van der Waals surface area contributed by atoms with Crippen molar-refractivity contribution in [2.24, 2.45) is 0 Å². The van der Waals surface area contributed by atoms with Crippen molar-refractivity contribution in [3.05, 3.63) is 58.7 Å². The SMILES string of the molecule is CCOc1cc2c(cc1OCC)[C@H]1[C@H](C(=O)N3CCCCCC3)c3ccccc3C(=O)N1CC2. The van der Waals surface area contributed by atoms with E-state index in [1.807, 2.05) is 54.0 Å². The van der Waals surface area contributed by atoms with Crippen LogP contribution in [-0.2, 0) is 11.2 Å². The maximum absolute atomic E-state index is 14.2. The van der Waals surface area contributed by atoms with Gasteiger partial charge >= 0.3 is 0 Å². The Morgan fingerprint density at radius 2 is 1.59 bits per heavy atom. The van der Waals surface area contributed by atoms with Crippen molar-refractivity contribution < 1.29 is 19.1 Å². The fourth-order valence-electron chi connectivity index (χ4n) is 5.83. The Hall–Kier alpha value is -3.02. The van der Waals surface area contributed by atoms with E-state index in [0.29, 0.717) is 31.1 Å². The molecule has 34 heavy (non-hydrogen) atoms. The van der Waals surface area contributed by atoms with Gasteiger partial charge in [-0.15, -0.1) is 0 Å². The summed E-state index contributed by atoms with van der Waals surface area (Å²) in [6.07, 6.45) is 5.14. The number of nitrogens with zero attached hydrogens (tertiary/aromatic N) is 2. The van der Waals surface area contributed by atoms with Crippen LogP contribution in [0.3, 0.4) is 0 Å². The normalized spacial score (nSPS) is 21.8. The minimum Gasteiger partial charge on any atom is -0.490 e. The molecule has 0 N–H and O–H groups in total. The highest BCUT2D eigenvalue weighted by Gasteiger charge is 2.47. The van der Waals surface area contributed by atoms with Crippen molar-refractivity contribution in [1.82, 2.24) is 9.80 Å². The lowest BCUT2D eigenvalue weighted by molar-refractivity contribution is -0.134. The number of rotatable bonds is 5. The number of hydrogen-bond acceptors (Lipinski definition) is 4. The van der Waals surface area contributed by atoms with E-state index in [9.17, 15) is 9.59 Å². The maximum Gasteiger partial charge on any atom is 0.254 e. The lowest BCUT2D eigenvalue weighted by Gasteiger charge is -2.46. The summed E-state index contributed by atoms with van der Waals surface area (Å²) < 4.78 is 11.8. The monoisotopic (exact) mass is 462 g/mol. The highest BCUT2D eigenvalue weighted by molar-refractivity contribution is 6.01. The molecule has 2 aromatic rings. The van der Waals surface area contributed by atoms with Gasteiger partial charge in [-0.2, -0.15) is 0 Å². The minimum atomic E-state index is -0.418. The number of hydrogen-bond donors (Lipinski definition) is 0. The minimum absolute atomic E-state index is 0.0120. The average molecular weight is 463 g/mol. The number of amides is 2. The molecule has 2 amide bonds. The van der Waals surface area contributed by atoms with Crippen molar-refractivity contribution in [2.45, 2.75) is 57.9 Å². The van der Waals surface area contributed by atoms with Gasteiger partial charge in [0.25, 0.3) is 5.91 Å². The Morgan fingerprint density at radius 1 is 0.912 bits per heavy atom. The molecule has 5 rings (SSSR count). The number of fused-ring (bicyclic) bond motifs is 4. The first-order chi connectivity index (χ1) is 16.6. The predicted octanol–water partition coefficient (Wildman–Crippen LogP) is 4.72. The molecule has 1 fully saturated rings. The Labute approximate surface area is 201 Å². The number of likely N-dealkylation sites (tertiary alicyclic amines) is 1. The Bertz CT molecular complexity index is 1070. The number of carbonyl (C=O) groups excluding carboxylic acids is 2. The third-order valence-corrected chi connectivity index (χ3v) is 7.37. The molecule has 0 aromatic heterocycles. The molecule has 3 aliphatic heterocycles. The lowest BCUT2D eigenvalue weighted by atomic mass is 9.75. The van der Waals surface area contributed by atoms with Crippen molar-refractivity contribution in [3.8, 4) is 11.5 Å². The molecule has 1 saturated heterocycles.